The SMILES string of the molecule is CCOc1cc(C)c(Cc2ccc(-c3ccc(F)cc3)s2)cc1[C@@H]1O[C@H](CO)[C@H](F)[C@H](O)C1O. The molecular weight excluding hydrogens is 462 g/mol. The van der Waals surface area contributed by atoms with E-state index < -0.39 is 37.2 Å². The van der Waals surface area contributed by atoms with E-state index in [-0.39, 0.29) is 5.82 Å². The first-order valence-corrected chi connectivity index (χ1v) is 12.0. The number of ether oxygens (including phenoxy) is 2. The maximum absolute atomic E-state index is 14.3. The lowest BCUT2D eigenvalue weighted by Crippen LogP contribution is -2.53. The molecule has 2 aromatic carbocycles. The van der Waals surface area contributed by atoms with Gasteiger partial charge < -0.3 is 24.8 Å². The Morgan fingerprint density at radius 1 is 1.06 bits per heavy atom. The monoisotopic (exact) mass is 490 g/mol. The van der Waals surface area contributed by atoms with E-state index in [4.69, 9.17) is 9.47 Å². The third-order valence-electron chi connectivity index (χ3n) is 6.07. The Labute approximate surface area is 201 Å². The lowest BCUT2D eigenvalue weighted by Gasteiger charge is -2.39. The van der Waals surface area contributed by atoms with Crippen LogP contribution in [0.1, 0.15) is 34.6 Å². The van der Waals surface area contributed by atoms with Gasteiger partial charge in [0.1, 0.15) is 36.0 Å². The molecule has 0 saturated carbocycles. The van der Waals surface area contributed by atoms with Gasteiger partial charge in [-0.15, -0.1) is 11.3 Å². The van der Waals surface area contributed by atoms with E-state index in [1.807, 2.05) is 38.1 Å². The molecular formula is C26H28F2O5S. The van der Waals surface area contributed by atoms with Crippen LogP contribution in [-0.2, 0) is 11.2 Å². The molecule has 0 spiro atoms. The van der Waals surface area contributed by atoms with Crippen LogP contribution in [0.25, 0.3) is 10.4 Å². The smallest absolute Gasteiger partial charge is 0.157 e. The maximum atomic E-state index is 14.3. The molecule has 2 heterocycles. The number of hydrogen-bond donors (Lipinski definition) is 3. The van der Waals surface area contributed by atoms with E-state index in [1.165, 1.54) is 12.1 Å². The number of rotatable bonds is 7. The predicted octanol–water partition coefficient (Wildman–Crippen LogP) is 4.34. The number of benzene rings is 2. The standard InChI is InChI=1S/C26H28F2O5S/c1-3-32-20-10-14(2)16(11-18-8-9-22(34-18)15-4-6-17(27)7-5-15)12-19(20)26-25(31)24(30)23(28)21(13-29)33-26/h4-10,12,21,23-26,29-31H,3,11,13H2,1-2H3/t21-,23+,24+,25?,26+/m1/s1. The zero-order valence-electron chi connectivity index (χ0n) is 18.9. The van der Waals surface area contributed by atoms with Crippen LogP contribution in [0.2, 0.25) is 0 Å². The Bertz CT molecular complexity index is 1110. The van der Waals surface area contributed by atoms with Crippen molar-refractivity contribution in [3.63, 3.8) is 0 Å². The molecule has 182 valence electrons. The third-order valence-corrected chi connectivity index (χ3v) is 7.21. The van der Waals surface area contributed by atoms with Crippen LogP contribution in [-0.4, -0.2) is 53.0 Å². The Morgan fingerprint density at radius 3 is 2.47 bits per heavy atom. The number of aliphatic hydroxyl groups excluding tert-OH is 3. The zero-order chi connectivity index (χ0) is 24.4. The number of aliphatic hydroxyl groups is 3. The quantitative estimate of drug-likeness (QED) is 0.459. The minimum Gasteiger partial charge on any atom is -0.493 e. The molecule has 3 N–H and O–H groups in total. The molecule has 3 aromatic rings. The van der Waals surface area contributed by atoms with Crippen LogP contribution < -0.4 is 4.74 Å². The van der Waals surface area contributed by atoms with Crippen molar-refractivity contribution in [2.75, 3.05) is 13.2 Å². The van der Waals surface area contributed by atoms with Gasteiger partial charge >= 0.3 is 0 Å². The van der Waals surface area contributed by atoms with Gasteiger partial charge in [-0.2, -0.15) is 0 Å². The minimum absolute atomic E-state index is 0.280. The minimum atomic E-state index is -1.90. The van der Waals surface area contributed by atoms with Gasteiger partial charge in [0.2, 0.25) is 0 Å². The maximum Gasteiger partial charge on any atom is 0.157 e. The molecule has 5 nitrogen and oxygen atoms in total. The second-order valence-corrected chi connectivity index (χ2v) is 9.57. The van der Waals surface area contributed by atoms with Crippen molar-refractivity contribution in [3.05, 3.63) is 75.9 Å². The number of thiophene rings is 1. The lowest BCUT2D eigenvalue weighted by atomic mass is 9.89. The molecule has 1 aliphatic rings. The number of aryl methyl sites for hydroxylation is 1. The van der Waals surface area contributed by atoms with Crippen LogP contribution in [0.4, 0.5) is 8.78 Å². The Morgan fingerprint density at radius 2 is 1.79 bits per heavy atom. The molecule has 34 heavy (non-hydrogen) atoms. The molecule has 0 aliphatic carbocycles. The molecule has 0 amide bonds. The van der Waals surface area contributed by atoms with Gasteiger partial charge in [0.05, 0.1) is 13.2 Å². The van der Waals surface area contributed by atoms with Gasteiger partial charge in [0.25, 0.3) is 0 Å². The van der Waals surface area contributed by atoms with Gasteiger partial charge in [-0.1, -0.05) is 12.1 Å². The Balaban J connectivity index is 1.66. The second kappa shape index (κ2) is 10.5. The molecule has 4 rings (SSSR count). The van der Waals surface area contributed by atoms with Crippen molar-refractivity contribution in [3.8, 4) is 16.2 Å². The van der Waals surface area contributed by atoms with Gasteiger partial charge in [0, 0.05) is 21.7 Å². The second-order valence-electron chi connectivity index (χ2n) is 8.40. The van der Waals surface area contributed by atoms with Gasteiger partial charge in [-0.25, -0.2) is 8.78 Å². The van der Waals surface area contributed by atoms with Crippen LogP contribution in [0.15, 0.2) is 48.5 Å². The van der Waals surface area contributed by atoms with Crippen LogP contribution in [0.3, 0.4) is 0 Å². The molecule has 8 heteroatoms. The summed E-state index contributed by atoms with van der Waals surface area (Å²) in [5, 5.41) is 30.3. The summed E-state index contributed by atoms with van der Waals surface area (Å²) < 4.78 is 39.0. The zero-order valence-corrected chi connectivity index (χ0v) is 19.8. The van der Waals surface area contributed by atoms with Crippen LogP contribution in [0, 0.1) is 12.7 Å². The summed E-state index contributed by atoms with van der Waals surface area (Å²) in [6, 6.07) is 14.1. The summed E-state index contributed by atoms with van der Waals surface area (Å²) in [5.74, 6) is 0.199. The number of hydrogen-bond acceptors (Lipinski definition) is 6. The first-order chi connectivity index (χ1) is 16.3. The van der Waals surface area contributed by atoms with Crippen molar-refractivity contribution in [1.29, 1.82) is 0 Å². The van der Waals surface area contributed by atoms with E-state index in [2.05, 4.69) is 0 Å². The van der Waals surface area contributed by atoms with E-state index in [0.717, 1.165) is 26.4 Å². The summed E-state index contributed by atoms with van der Waals surface area (Å²) in [6.07, 6.45) is -6.81. The van der Waals surface area contributed by atoms with Crippen molar-refractivity contribution in [1.82, 2.24) is 0 Å². The molecule has 5 atom stereocenters. The van der Waals surface area contributed by atoms with E-state index >= 15 is 0 Å². The lowest BCUT2D eigenvalue weighted by molar-refractivity contribution is -0.214. The van der Waals surface area contributed by atoms with Gasteiger partial charge in [0.15, 0.2) is 6.17 Å². The molecule has 1 aromatic heterocycles. The highest BCUT2D eigenvalue weighted by atomic mass is 32.1. The summed E-state index contributed by atoms with van der Waals surface area (Å²) in [4.78, 5) is 2.10. The van der Waals surface area contributed by atoms with Gasteiger partial charge in [-0.3, -0.25) is 0 Å². The molecule has 0 radical (unpaired) electrons. The third kappa shape index (κ3) is 5.01. The topological polar surface area (TPSA) is 79.2 Å². The van der Waals surface area contributed by atoms with Crippen molar-refractivity contribution in [2.24, 2.45) is 0 Å². The predicted molar refractivity (Wildman–Crippen MR) is 126 cm³/mol. The Hall–Kier alpha value is -2.36. The van der Waals surface area contributed by atoms with Crippen molar-refractivity contribution < 1.29 is 33.6 Å². The number of alkyl halides is 1. The Kier molecular flexibility index (Phi) is 7.64. The fraction of sp³-hybridized carbons (Fsp3) is 0.385. The van der Waals surface area contributed by atoms with Crippen molar-refractivity contribution in [2.45, 2.75) is 50.9 Å². The fourth-order valence-corrected chi connectivity index (χ4v) is 5.24. The highest BCUT2D eigenvalue weighted by Gasteiger charge is 2.46. The first kappa shape index (κ1) is 24.8. The number of halogens is 2. The molecule has 1 aliphatic heterocycles. The van der Waals surface area contributed by atoms with Gasteiger partial charge in [-0.05, 0) is 66.9 Å². The van der Waals surface area contributed by atoms with Crippen molar-refractivity contribution >= 4 is 11.3 Å². The average Bonchev–Trinajstić information content (AvgIpc) is 3.29. The van der Waals surface area contributed by atoms with E-state index in [9.17, 15) is 24.1 Å². The summed E-state index contributed by atoms with van der Waals surface area (Å²) in [6.45, 7) is 3.54. The molecule has 1 unspecified atom stereocenters. The highest BCUT2D eigenvalue weighted by Crippen LogP contribution is 2.40. The van der Waals surface area contributed by atoms with Crippen LogP contribution in [0.5, 0.6) is 5.75 Å². The molecule has 1 saturated heterocycles. The van der Waals surface area contributed by atoms with E-state index in [1.54, 1.807) is 23.5 Å². The fourth-order valence-electron chi connectivity index (χ4n) is 4.20. The first-order valence-electron chi connectivity index (χ1n) is 11.2. The van der Waals surface area contributed by atoms with Crippen LogP contribution >= 0.6 is 11.3 Å². The summed E-state index contributed by atoms with van der Waals surface area (Å²) in [5.41, 5.74) is 3.36. The highest BCUT2D eigenvalue weighted by molar-refractivity contribution is 7.15. The summed E-state index contributed by atoms with van der Waals surface area (Å²) >= 11 is 1.60. The van der Waals surface area contributed by atoms with E-state index in [0.29, 0.717) is 24.3 Å². The normalized spacial score (nSPS) is 24.9. The summed E-state index contributed by atoms with van der Waals surface area (Å²) in [7, 11) is 0. The molecule has 0 bridgehead atoms. The average molecular weight is 491 g/mol. The largest absolute Gasteiger partial charge is 0.493 e. The molecule has 1 fully saturated rings.